The molecule has 14 nitrogen and oxygen atoms in total. The number of carbonyl (C=O) groups excluding carboxylic acids is 4. The molecular formula is C37H38F2N8O6. The van der Waals surface area contributed by atoms with E-state index < -0.39 is 35.4 Å². The Balaban J connectivity index is 1.05. The molecule has 0 spiro atoms. The predicted molar refractivity (Wildman–Crippen MR) is 191 cm³/mol. The average molecular weight is 729 g/mol. The summed E-state index contributed by atoms with van der Waals surface area (Å²) in [6, 6.07) is 13.9. The summed E-state index contributed by atoms with van der Waals surface area (Å²) < 4.78 is 39.9. The van der Waals surface area contributed by atoms with Crippen molar-refractivity contribution >= 4 is 46.8 Å². The van der Waals surface area contributed by atoms with Gasteiger partial charge >= 0.3 is 6.03 Å². The Kier molecular flexibility index (Phi) is 11.5. The van der Waals surface area contributed by atoms with Crippen LogP contribution in [-0.2, 0) is 14.3 Å². The van der Waals surface area contributed by atoms with Crippen molar-refractivity contribution in [3.8, 4) is 11.5 Å². The van der Waals surface area contributed by atoms with Gasteiger partial charge in [0, 0.05) is 69.0 Å². The number of hydrogen-bond acceptors (Lipinski definition) is 10. The second kappa shape index (κ2) is 16.6. The minimum Gasteiger partial charge on any atom is -0.454 e. The number of aromatic nitrogens is 2. The number of anilines is 4. The summed E-state index contributed by atoms with van der Waals surface area (Å²) >= 11 is 0. The topological polar surface area (TPSA) is 158 Å². The number of halogens is 2. The molecule has 1 unspecified atom stereocenters. The van der Waals surface area contributed by atoms with Gasteiger partial charge in [-0.1, -0.05) is 0 Å². The number of urea groups is 1. The van der Waals surface area contributed by atoms with Crippen LogP contribution in [0.3, 0.4) is 0 Å². The van der Waals surface area contributed by atoms with Crippen molar-refractivity contribution in [3.63, 3.8) is 0 Å². The highest BCUT2D eigenvalue weighted by molar-refractivity contribution is 6.23. The van der Waals surface area contributed by atoms with Crippen molar-refractivity contribution in [2.24, 2.45) is 5.92 Å². The van der Waals surface area contributed by atoms with Gasteiger partial charge in [0.15, 0.2) is 11.6 Å². The molecule has 2 saturated heterocycles. The van der Waals surface area contributed by atoms with Gasteiger partial charge in [-0.3, -0.25) is 19.3 Å². The fraction of sp³-hybridized carbons (Fsp3) is 0.297. The van der Waals surface area contributed by atoms with Gasteiger partial charge in [-0.2, -0.15) is 0 Å². The summed E-state index contributed by atoms with van der Waals surface area (Å²) in [6.07, 6.45) is 2.91. The number of benzene rings is 2. The zero-order valence-corrected chi connectivity index (χ0v) is 29.1. The lowest BCUT2D eigenvalue weighted by Crippen LogP contribution is -2.61. The van der Waals surface area contributed by atoms with Crippen LogP contribution in [-0.4, -0.2) is 95.5 Å². The number of amides is 5. The molecule has 5 amide bonds. The lowest BCUT2D eigenvalue weighted by atomic mass is 10.0. The zero-order chi connectivity index (χ0) is 37.5. The van der Waals surface area contributed by atoms with E-state index in [1.165, 1.54) is 53.7 Å². The number of pyridine rings is 2. The number of morpholine rings is 1. The average Bonchev–Trinajstić information content (AvgIpc) is 3.14. The van der Waals surface area contributed by atoms with E-state index in [0.29, 0.717) is 37.0 Å². The molecule has 53 heavy (non-hydrogen) atoms. The highest BCUT2D eigenvalue weighted by Crippen LogP contribution is 2.30. The van der Waals surface area contributed by atoms with Crippen molar-refractivity contribution in [2.75, 3.05) is 61.5 Å². The van der Waals surface area contributed by atoms with E-state index in [9.17, 15) is 23.6 Å². The molecule has 0 aliphatic carbocycles. The van der Waals surface area contributed by atoms with E-state index in [1.807, 2.05) is 0 Å². The van der Waals surface area contributed by atoms with Crippen molar-refractivity contribution < 1.29 is 37.4 Å². The Hall–Kier alpha value is -6.00. The van der Waals surface area contributed by atoms with Crippen LogP contribution in [0.5, 0.6) is 11.5 Å². The largest absolute Gasteiger partial charge is 0.454 e. The van der Waals surface area contributed by atoms with Gasteiger partial charge < -0.3 is 30.3 Å². The summed E-state index contributed by atoms with van der Waals surface area (Å²) in [7, 11) is 0. The number of carbonyl (C=O) groups is 4. The van der Waals surface area contributed by atoms with Gasteiger partial charge in [0.2, 0.25) is 11.8 Å². The Labute approximate surface area is 304 Å². The zero-order valence-electron chi connectivity index (χ0n) is 29.1. The number of rotatable bonds is 12. The molecule has 16 heteroatoms. The van der Waals surface area contributed by atoms with Crippen molar-refractivity contribution in [3.05, 3.63) is 96.3 Å². The maximum Gasteiger partial charge on any atom is 0.331 e. The molecule has 2 aromatic carbocycles. The van der Waals surface area contributed by atoms with Crippen LogP contribution in [0.25, 0.3) is 0 Å². The van der Waals surface area contributed by atoms with Gasteiger partial charge in [0.25, 0.3) is 5.91 Å². The summed E-state index contributed by atoms with van der Waals surface area (Å²) in [4.78, 5) is 65.4. The van der Waals surface area contributed by atoms with Gasteiger partial charge in [-0.05, 0) is 68.4 Å². The normalized spacial score (nSPS) is 16.4. The summed E-state index contributed by atoms with van der Waals surface area (Å²) in [5.74, 6) is -3.54. The van der Waals surface area contributed by atoms with E-state index in [-0.39, 0.29) is 41.4 Å². The molecule has 0 radical (unpaired) electrons. The second-order valence-corrected chi connectivity index (χ2v) is 12.6. The minimum absolute atomic E-state index is 0.0615. The van der Waals surface area contributed by atoms with Gasteiger partial charge in [-0.15, -0.1) is 0 Å². The third kappa shape index (κ3) is 9.09. The maximum atomic E-state index is 15.2. The summed E-state index contributed by atoms with van der Waals surface area (Å²) in [5, 5.41) is 8.48. The Morgan fingerprint density at radius 1 is 0.962 bits per heavy atom. The molecule has 2 aliphatic heterocycles. The summed E-state index contributed by atoms with van der Waals surface area (Å²) in [5.41, 5.74) is 0.588. The Morgan fingerprint density at radius 3 is 2.43 bits per heavy atom. The molecule has 4 aromatic rings. The number of nitrogens with one attached hydrogen (secondary N) is 3. The lowest BCUT2D eigenvalue weighted by molar-refractivity contribution is -0.132. The fourth-order valence-corrected chi connectivity index (χ4v) is 5.73. The molecule has 2 aromatic heterocycles. The Bertz CT molecular complexity index is 1960. The van der Waals surface area contributed by atoms with Gasteiger partial charge in [0.05, 0.1) is 24.5 Å². The van der Waals surface area contributed by atoms with Crippen LogP contribution >= 0.6 is 0 Å². The monoisotopic (exact) mass is 728 g/mol. The van der Waals surface area contributed by atoms with Crippen LogP contribution in [0.15, 0.2) is 79.1 Å². The first-order valence-corrected chi connectivity index (χ1v) is 17.0. The molecule has 1 atom stereocenters. The molecule has 0 saturated carbocycles. The molecule has 2 fully saturated rings. The first-order chi connectivity index (χ1) is 25.5. The molecule has 4 heterocycles. The third-order valence-corrected chi connectivity index (χ3v) is 8.62. The van der Waals surface area contributed by atoms with E-state index in [1.54, 1.807) is 26.0 Å². The molecule has 276 valence electrons. The van der Waals surface area contributed by atoms with E-state index in [4.69, 9.17) is 9.47 Å². The van der Waals surface area contributed by atoms with Gasteiger partial charge in [-0.25, -0.2) is 28.4 Å². The predicted octanol–water partition coefficient (Wildman–Crippen LogP) is 4.78. The van der Waals surface area contributed by atoms with Crippen molar-refractivity contribution in [1.82, 2.24) is 25.1 Å². The SMILES string of the molecule is CC(C)N1CC(C(=O)Nc2ccc(Oc3ccnc(Nc4ccc(C(=O)NCCN5CCOCC5)cn4)c3)c(F)c2)C(=O)N(c2ccc(F)cc2)C1=O. The highest BCUT2D eigenvalue weighted by Gasteiger charge is 2.44. The molecule has 3 N–H and O–H groups in total. The third-order valence-electron chi connectivity index (χ3n) is 8.62. The minimum atomic E-state index is -1.31. The quantitative estimate of drug-likeness (QED) is 0.173. The molecule has 0 bridgehead atoms. The smallest absolute Gasteiger partial charge is 0.331 e. The van der Waals surface area contributed by atoms with Crippen LogP contribution in [0.2, 0.25) is 0 Å². The fourth-order valence-electron chi connectivity index (χ4n) is 5.73. The van der Waals surface area contributed by atoms with Crippen LogP contribution in [0.1, 0.15) is 24.2 Å². The Morgan fingerprint density at radius 2 is 1.74 bits per heavy atom. The van der Waals surface area contributed by atoms with E-state index >= 15 is 4.39 Å². The first-order valence-electron chi connectivity index (χ1n) is 17.0. The maximum absolute atomic E-state index is 15.2. The van der Waals surface area contributed by atoms with E-state index in [2.05, 4.69) is 30.8 Å². The van der Waals surface area contributed by atoms with Crippen LogP contribution in [0.4, 0.5) is 36.6 Å². The van der Waals surface area contributed by atoms with Crippen molar-refractivity contribution in [1.29, 1.82) is 0 Å². The number of ether oxygens (including phenoxy) is 2. The van der Waals surface area contributed by atoms with Gasteiger partial charge in [0.1, 0.15) is 29.1 Å². The summed E-state index contributed by atoms with van der Waals surface area (Å²) in [6.45, 7) is 7.61. The molecular weight excluding hydrogens is 690 g/mol. The lowest BCUT2D eigenvalue weighted by Gasteiger charge is -2.39. The van der Waals surface area contributed by atoms with Crippen molar-refractivity contribution in [2.45, 2.75) is 19.9 Å². The number of nitrogens with zero attached hydrogens (tertiary/aromatic N) is 5. The van der Waals surface area contributed by atoms with E-state index in [0.717, 1.165) is 42.7 Å². The standard InChI is InChI=1S/C37H38F2N8O6/c1-23(2)46-22-29(36(50)47(37(46)51)27-7-4-25(38)5-8-27)35(49)43-26-6-9-31(30(39)19-26)53-28-11-12-40-33(20-28)44-32-10-3-24(21-42-32)34(48)41-13-14-45-15-17-52-18-16-45/h3-12,19-21,23,29H,13-18,22H2,1-2H3,(H,41,48)(H,43,49)(H,40,42,44). The van der Waals surface area contributed by atoms with Crippen LogP contribution < -0.4 is 25.6 Å². The highest BCUT2D eigenvalue weighted by atomic mass is 19.1. The molecule has 2 aliphatic rings. The number of hydrogen-bond donors (Lipinski definition) is 3. The molecule has 6 rings (SSSR count). The van der Waals surface area contributed by atoms with Crippen LogP contribution in [0, 0.1) is 17.6 Å². The first kappa shape index (κ1) is 36.8. The number of imide groups is 1. The second-order valence-electron chi connectivity index (χ2n) is 12.6.